The molecule has 0 fully saturated rings. The van der Waals surface area contributed by atoms with Gasteiger partial charge in [-0.15, -0.1) is 0 Å². The van der Waals surface area contributed by atoms with Crippen LogP contribution in [0.1, 0.15) is 16.2 Å². The van der Waals surface area contributed by atoms with Gasteiger partial charge in [-0.3, -0.25) is 9.78 Å². The van der Waals surface area contributed by atoms with Crippen molar-refractivity contribution in [3.63, 3.8) is 0 Å². The lowest BCUT2D eigenvalue weighted by Gasteiger charge is -2.06. The molecule has 3 aromatic rings. The van der Waals surface area contributed by atoms with Crippen LogP contribution >= 0.6 is 0 Å². The highest BCUT2D eigenvalue weighted by Gasteiger charge is 2.09. The van der Waals surface area contributed by atoms with E-state index in [1.54, 1.807) is 30.6 Å². The average molecular weight is 290 g/mol. The van der Waals surface area contributed by atoms with Crippen molar-refractivity contribution in [2.45, 2.75) is 6.92 Å². The van der Waals surface area contributed by atoms with Crippen molar-refractivity contribution in [3.8, 4) is 11.3 Å². The van der Waals surface area contributed by atoms with Gasteiger partial charge in [0.25, 0.3) is 5.91 Å². The molecule has 3 aromatic heterocycles. The van der Waals surface area contributed by atoms with Crippen LogP contribution in [0.2, 0.25) is 0 Å². The number of aromatic nitrogens is 3. The van der Waals surface area contributed by atoms with E-state index in [1.165, 1.54) is 0 Å². The molecule has 0 radical (unpaired) electrons. The van der Waals surface area contributed by atoms with Gasteiger partial charge in [0.2, 0.25) is 0 Å². The fraction of sp³-hybridized carbons (Fsp3) is 0.0588. The highest BCUT2D eigenvalue weighted by atomic mass is 16.1. The quantitative estimate of drug-likeness (QED) is 0.804. The van der Waals surface area contributed by atoms with E-state index < -0.39 is 0 Å². The average Bonchev–Trinajstić information content (AvgIpc) is 2.56. The zero-order valence-electron chi connectivity index (χ0n) is 12.0. The van der Waals surface area contributed by atoms with E-state index in [1.807, 2.05) is 37.3 Å². The summed E-state index contributed by atoms with van der Waals surface area (Å²) in [7, 11) is 0. The number of aryl methyl sites for hydroxylation is 1. The maximum absolute atomic E-state index is 12.2. The van der Waals surface area contributed by atoms with Crippen molar-refractivity contribution in [3.05, 3.63) is 72.3 Å². The SMILES string of the molecule is Cc1cccc(C(=O)Nc2cccc(-c3cccnc3)n2)n1. The summed E-state index contributed by atoms with van der Waals surface area (Å²) in [5.74, 6) is 0.203. The van der Waals surface area contributed by atoms with Gasteiger partial charge < -0.3 is 5.32 Å². The van der Waals surface area contributed by atoms with E-state index in [2.05, 4.69) is 20.3 Å². The van der Waals surface area contributed by atoms with E-state index in [-0.39, 0.29) is 5.91 Å². The zero-order valence-corrected chi connectivity index (χ0v) is 12.0. The Labute approximate surface area is 128 Å². The van der Waals surface area contributed by atoms with Crippen LogP contribution in [0.3, 0.4) is 0 Å². The topological polar surface area (TPSA) is 67.8 Å². The van der Waals surface area contributed by atoms with E-state index in [0.717, 1.165) is 17.0 Å². The van der Waals surface area contributed by atoms with Gasteiger partial charge in [0, 0.05) is 23.7 Å². The van der Waals surface area contributed by atoms with Crippen LogP contribution in [-0.2, 0) is 0 Å². The minimum Gasteiger partial charge on any atom is -0.305 e. The first-order valence-corrected chi connectivity index (χ1v) is 6.85. The molecule has 5 nitrogen and oxygen atoms in total. The number of rotatable bonds is 3. The van der Waals surface area contributed by atoms with Crippen molar-refractivity contribution >= 4 is 11.7 Å². The highest BCUT2D eigenvalue weighted by molar-refractivity contribution is 6.02. The summed E-state index contributed by atoms with van der Waals surface area (Å²) in [5.41, 5.74) is 2.81. The number of pyridine rings is 3. The second-order valence-corrected chi connectivity index (χ2v) is 4.77. The molecule has 3 heterocycles. The molecular formula is C17H14N4O. The monoisotopic (exact) mass is 290 g/mol. The molecule has 1 amide bonds. The molecule has 22 heavy (non-hydrogen) atoms. The van der Waals surface area contributed by atoms with Crippen LogP contribution in [0.15, 0.2) is 60.9 Å². The summed E-state index contributed by atoms with van der Waals surface area (Å²) in [6.45, 7) is 1.85. The zero-order chi connectivity index (χ0) is 15.4. The van der Waals surface area contributed by atoms with Gasteiger partial charge in [-0.2, -0.15) is 0 Å². The molecule has 1 N–H and O–H groups in total. The minimum absolute atomic E-state index is 0.278. The highest BCUT2D eigenvalue weighted by Crippen LogP contribution is 2.17. The number of nitrogens with zero attached hydrogens (tertiary/aromatic N) is 3. The van der Waals surface area contributed by atoms with Gasteiger partial charge in [0.1, 0.15) is 11.5 Å². The number of hydrogen-bond acceptors (Lipinski definition) is 4. The Morgan fingerprint density at radius 2 is 1.86 bits per heavy atom. The summed E-state index contributed by atoms with van der Waals surface area (Å²) in [6.07, 6.45) is 3.44. The molecule has 0 bridgehead atoms. The lowest BCUT2D eigenvalue weighted by Crippen LogP contribution is -2.15. The third-order valence-corrected chi connectivity index (χ3v) is 3.07. The largest absolute Gasteiger partial charge is 0.305 e. The Morgan fingerprint density at radius 1 is 1.00 bits per heavy atom. The summed E-state index contributed by atoms with van der Waals surface area (Å²) in [6, 6.07) is 14.5. The first-order chi connectivity index (χ1) is 10.7. The standard InChI is InChI=1S/C17H14N4O/c1-12-5-2-8-15(19-12)17(22)21-16-9-3-7-14(20-16)13-6-4-10-18-11-13/h2-11H,1H3,(H,20,21,22). The van der Waals surface area contributed by atoms with E-state index in [0.29, 0.717) is 11.5 Å². The van der Waals surface area contributed by atoms with Crippen LogP contribution in [0.5, 0.6) is 0 Å². The van der Waals surface area contributed by atoms with E-state index in [9.17, 15) is 4.79 Å². The summed E-state index contributed by atoms with van der Waals surface area (Å²) < 4.78 is 0. The van der Waals surface area contributed by atoms with Crippen LogP contribution < -0.4 is 5.32 Å². The Bertz CT molecular complexity index is 803. The van der Waals surface area contributed by atoms with Gasteiger partial charge in [0.05, 0.1) is 5.69 Å². The predicted octanol–water partition coefficient (Wildman–Crippen LogP) is 3.10. The second-order valence-electron chi connectivity index (χ2n) is 4.77. The van der Waals surface area contributed by atoms with Gasteiger partial charge >= 0.3 is 0 Å². The van der Waals surface area contributed by atoms with Crippen LogP contribution in [-0.4, -0.2) is 20.9 Å². The maximum Gasteiger partial charge on any atom is 0.275 e. The molecule has 0 aliphatic heterocycles. The molecule has 0 atom stereocenters. The molecule has 0 saturated heterocycles. The number of carbonyl (C=O) groups is 1. The van der Waals surface area contributed by atoms with Crippen molar-refractivity contribution < 1.29 is 4.79 Å². The van der Waals surface area contributed by atoms with Gasteiger partial charge in [-0.05, 0) is 43.3 Å². The fourth-order valence-electron chi connectivity index (χ4n) is 2.03. The van der Waals surface area contributed by atoms with Gasteiger partial charge in [-0.25, -0.2) is 9.97 Å². The first-order valence-electron chi connectivity index (χ1n) is 6.85. The third-order valence-electron chi connectivity index (χ3n) is 3.07. The van der Waals surface area contributed by atoms with Crippen molar-refractivity contribution in [2.24, 2.45) is 0 Å². The normalized spacial score (nSPS) is 10.2. The molecule has 0 unspecified atom stereocenters. The summed E-state index contributed by atoms with van der Waals surface area (Å²) in [5, 5.41) is 2.76. The van der Waals surface area contributed by atoms with Crippen molar-refractivity contribution in [1.29, 1.82) is 0 Å². The van der Waals surface area contributed by atoms with Gasteiger partial charge in [-0.1, -0.05) is 12.1 Å². The number of hydrogen-bond donors (Lipinski definition) is 1. The molecule has 0 aliphatic rings. The smallest absolute Gasteiger partial charge is 0.275 e. The Morgan fingerprint density at radius 3 is 2.64 bits per heavy atom. The predicted molar refractivity (Wildman–Crippen MR) is 84.4 cm³/mol. The van der Waals surface area contributed by atoms with Crippen LogP contribution in [0.4, 0.5) is 5.82 Å². The number of nitrogens with one attached hydrogen (secondary N) is 1. The molecule has 0 spiro atoms. The molecule has 0 aromatic carbocycles. The fourth-order valence-corrected chi connectivity index (χ4v) is 2.03. The third kappa shape index (κ3) is 3.15. The number of carbonyl (C=O) groups excluding carboxylic acids is 1. The van der Waals surface area contributed by atoms with Gasteiger partial charge in [0.15, 0.2) is 0 Å². The Kier molecular flexibility index (Phi) is 3.87. The Balaban J connectivity index is 1.83. The molecule has 0 aliphatic carbocycles. The van der Waals surface area contributed by atoms with Crippen molar-refractivity contribution in [2.75, 3.05) is 5.32 Å². The van der Waals surface area contributed by atoms with Crippen molar-refractivity contribution in [1.82, 2.24) is 15.0 Å². The maximum atomic E-state index is 12.2. The molecular weight excluding hydrogens is 276 g/mol. The van der Waals surface area contributed by atoms with E-state index in [4.69, 9.17) is 0 Å². The number of amides is 1. The Hall–Kier alpha value is -3.08. The minimum atomic E-state index is -0.278. The second kappa shape index (κ2) is 6.13. The number of anilines is 1. The lowest BCUT2D eigenvalue weighted by molar-refractivity contribution is 0.102. The molecule has 3 rings (SSSR count). The summed E-state index contributed by atoms with van der Waals surface area (Å²) in [4.78, 5) is 24.9. The molecule has 0 saturated carbocycles. The molecule has 108 valence electrons. The first kappa shape index (κ1) is 13.9. The lowest BCUT2D eigenvalue weighted by atomic mass is 10.2. The molecule has 5 heteroatoms. The van der Waals surface area contributed by atoms with Crippen LogP contribution in [0, 0.1) is 6.92 Å². The van der Waals surface area contributed by atoms with E-state index >= 15 is 0 Å². The summed E-state index contributed by atoms with van der Waals surface area (Å²) >= 11 is 0. The van der Waals surface area contributed by atoms with Crippen LogP contribution in [0.25, 0.3) is 11.3 Å².